The molecule has 2 aromatic heterocycles. The largest absolute Gasteiger partial charge is 0.573 e. The minimum atomic E-state index is -5.03. The molecule has 0 unspecified atom stereocenters. The van der Waals surface area contributed by atoms with Crippen molar-refractivity contribution in [1.29, 1.82) is 0 Å². The molecule has 24 heavy (non-hydrogen) atoms. The van der Waals surface area contributed by atoms with Crippen LogP contribution < -0.4 is 16.0 Å². The number of rotatable bonds is 2. The van der Waals surface area contributed by atoms with E-state index in [2.05, 4.69) is 14.7 Å². The Morgan fingerprint density at radius 2 is 1.88 bits per heavy atom. The lowest BCUT2D eigenvalue weighted by Crippen LogP contribution is -2.21. The van der Waals surface area contributed by atoms with E-state index in [0.717, 1.165) is 23.5 Å². The van der Waals surface area contributed by atoms with E-state index in [0.29, 0.717) is 10.4 Å². The third kappa shape index (κ3) is 2.92. The lowest BCUT2D eigenvalue weighted by Gasteiger charge is -2.11. The average molecular weight is 360 g/mol. The molecular weight excluding hydrogens is 352 g/mol. The van der Waals surface area contributed by atoms with Gasteiger partial charge < -0.3 is 4.74 Å². The van der Waals surface area contributed by atoms with E-state index in [1.54, 1.807) is 6.92 Å². The van der Waals surface area contributed by atoms with Crippen molar-refractivity contribution in [2.24, 2.45) is 0 Å². The van der Waals surface area contributed by atoms with Crippen molar-refractivity contribution in [3.63, 3.8) is 0 Å². The molecule has 126 valence electrons. The van der Waals surface area contributed by atoms with E-state index in [1.165, 1.54) is 6.07 Å². The van der Waals surface area contributed by atoms with E-state index in [1.807, 2.05) is 0 Å². The first-order valence-corrected chi connectivity index (χ1v) is 7.29. The van der Waals surface area contributed by atoms with Crippen LogP contribution in [0.5, 0.6) is 5.75 Å². The predicted molar refractivity (Wildman–Crippen MR) is 79.9 cm³/mol. The van der Waals surface area contributed by atoms with Crippen LogP contribution in [0.15, 0.2) is 27.8 Å². The molecular formula is C14H8F4N2O3S. The second-order valence-electron chi connectivity index (χ2n) is 4.86. The summed E-state index contributed by atoms with van der Waals surface area (Å²) in [6, 6.07) is 3.00. The van der Waals surface area contributed by atoms with Crippen LogP contribution in [0.4, 0.5) is 17.6 Å². The second-order valence-corrected chi connectivity index (χ2v) is 5.88. The first-order valence-electron chi connectivity index (χ1n) is 6.47. The van der Waals surface area contributed by atoms with Crippen LogP contribution in [-0.4, -0.2) is 16.3 Å². The van der Waals surface area contributed by atoms with Crippen LogP contribution in [0.2, 0.25) is 0 Å². The number of halogens is 4. The molecule has 3 rings (SSSR count). The fourth-order valence-corrected chi connectivity index (χ4v) is 3.49. The summed E-state index contributed by atoms with van der Waals surface area (Å²) < 4.78 is 54.2. The molecule has 2 heterocycles. The zero-order valence-corrected chi connectivity index (χ0v) is 12.7. The van der Waals surface area contributed by atoms with Crippen molar-refractivity contribution in [3.05, 3.63) is 50.4 Å². The van der Waals surface area contributed by atoms with Crippen molar-refractivity contribution < 1.29 is 22.3 Å². The Labute approximate surface area is 134 Å². The third-order valence-corrected chi connectivity index (χ3v) is 4.50. The number of ether oxygens (including phenoxy) is 1. The van der Waals surface area contributed by atoms with Gasteiger partial charge in [0.2, 0.25) is 0 Å². The highest BCUT2D eigenvalue weighted by Gasteiger charge is 2.32. The topological polar surface area (TPSA) is 75.0 Å². The molecule has 0 aliphatic rings. The van der Waals surface area contributed by atoms with Gasteiger partial charge in [0.05, 0.1) is 5.39 Å². The average Bonchev–Trinajstić information content (AvgIpc) is 2.77. The van der Waals surface area contributed by atoms with Crippen LogP contribution in [-0.2, 0) is 0 Å². The Balaban J connectivity index is 2.20. The SMILES string of the molecule is Cc1c(-c2ccc(F)c(OC(F)(F)F)c2)sc2[nH]c(=O)[nH]c(=O)c12. The van der Waals surface area contributed by atoms with Gasteiger partial charge in [-0.25, -0.2) is 9.18 Å². The van der Waals surface area contributed by atoms with Crippen molar-refractivity contribution in [2.45, 2.75) is 13.3 Å². The zero-order valence-electron chi connectivity index (χ0n) is 11.9. The number of hydrogen-bond donors (Lipinski definition) is 2. The molecule has 10 heteroatoms. The maximum absolute atomic E-state index is 13.5. The number of aryl methyl sites for hydroxylation is 1. The van der Waals surface area contributed by atoms with Crippen LogP contribution in [0.25, 0.3) is 20.7 Å². The Morgan fingerprint density at radius 3 is 2.54 bits per heavy atom. The lowest BCUT2D eigenvalue weighted by molar-refractivity contribution is -0.275. The van der Waals surface area contributed by atoms with Crippen molar-refractivity contribution in [2.75, 3.05) is 0 Å². The summed E-state index contributed by atoms with van der Waals surface area (Å²) >= 11 is 1.00. The molecule has 3 aromatic rings. The van der Waals surface area contributed by atoms with Crippen molar-refractivity contribution >= 4 is 21.6 Å². The molecule has 0 saturated carbocycles. The standard InChI is InChI=1S/C14H8F4N2O3S/c1-5-9-11(21)19-13(22)20-12(9)24-10(5)6-2-3-7(15)8(4-6)23-14(16,17)18/h2-4H,1H3,(H2,19,20,21,22). The number of hydrogen-bond acceptors (Lipinski definition) is 4. The van der Waals surface area contributed by atoms with Crippen molar-refractivity contribution in [3.8, 4) is 16.2 Å². The van der Waals surface area contributed by atoms with Gasteiger partial charge in [0.15, 0.2) is 11.6 Å². The molecule has 0 aliphatic carbocycles. The number of alkyl halides is 3. The summed E-state index contributed by atoms with van der Waals surface area (Å²) in [7, 11) is 0. The number of benzene rings is 1. The summed E-state index contributed by atoms with van der Waals surface area (Å²) in [4.78, 5) is 28.4. The molecule has 0 saturated heterocycles. The van der Waals surface area contributed by atoms with E-state index in [9.17, 15) is 27.2 Å². The zero-order chi connectivity index (χ0) is 17.6. The Morgan fingerprint density at radius 1 is 1.17 bits per heavy atom. The Hall–Kier alpha value is -2.62. The summed E-state index contributed by atoms with van der Waals surface area (Å²) in [6.07, 6.45) is -5.03. The molecule has 0 amide bonds. The summed E-state index contributed by atoms with van der Waals surface area (Å²) in [5.41, 5.74) is -0.616. The predicted octanol–water partition coefficient (Wildman–Crippen LogP) is 3.29. The molecule has 5 nitrogen and oxygen atoms in total. The number of thiophene rings is 1. The molecule has 0 bridgehead atoms. The number of aromatic nitrogens is 2. The van der Waals surface area contributed by atoms with Gasteiger partial charge in [-0.05, 0) is 30.2 Å². The summed E-state index contributed by atoms with van der Waals surface area (Å²) in [6.45, 7) is 1.58. The van der Waals surface area contributed by atoms with Crippen LogP contribution in [0.3, 0.4) is 0 Å². The molecule has 0 aliphatic heterocycles. The first kappa shape index (κ1) is 16.2. The number of nitrogens with one attached hydrogen (secondary N) is 2. The molecule has 2 N–H and O–H groups in total. The fraction of sp³-hybridized carbons (Fsp3) is 0.143. The van der Waals surface area contributed by atoms with E-state index >= 15 is 0 Å². The van der Waals surface area contributed by atoms with Crippen molar-refractivity contribution in [1.82, 2.24) is 9.97 Å². The quantitative estimate of drug-likeness (QED) is 0.689. The highest BCUT2D eigenvalue weighted by molar-refractivity contribution is 7.22. The van der Waals surface area contributed by atoms with E-state index < -0.39 is 29.2 Å². The number of fused-ring (bicyclic) bond motifs is 1. The fourth-order valence-electron chi connectivity index (χ4n) is 2.30. The van der Waals surface area contributed by atoms with Crippen LogP contribution in [0, 0.1) is 12.7 Å². The van der Waals surface area contributed by atoms with Gasteiger partial charge in [-0.2, -0.15) is 0 Å². The molecule has 0 atom stereocenters. The monoisotopic (exact) mass is 360 g/mol. The Bertz CT molecular complexity index is 1050. The lowest BCUT2D eigenvalue weighted by atomic mass is 10.1. The van der Waals surface area contributed by atoms with E-state index in [-0.39, 0.29) is 15.8 Å². The highest BCUT2D eigenvalue weighted by Crippen LogP contribution is 2.38. The van der Waals surface area contributed by atoms with Gasteiger partial charge in [-0.15, -0.1) is 24.5 Å². The van der Waals surface area contributed by atoms with Crippen LogP contribution >= 0.6 is 11.3 Å². The molecule has 0 spiro atoms. The normalized spacial score (nSPS) is 11.9. The van der Waals surface area contributed by atoms with Gasteiger partial charge in [-0.3, -0.25) is 14.8 Å². The number of H-pyrrole nitrogens is 2. The summed E-state index contributed by atoms with van der Waals surface area (Å²) in [5, 5.41) is 0.220. The van der Waals surface area contributed by atoms with Gasteiger partial charge >= 0.3 is 12.1 Å². The number of aromatic amines is 2. The maximum Gasteiger partial charge on any atom is 0.573 e. The van der Waals surface area contributed by atoms with Gasteiger partial charge in [-0.1, -0.05) is 6.07 Å². The van der Waals surface area contributed by atoms with Gasteiger partial charge in [0, 0.05) is 4.88 Å². The highest BCUT2D eigenvalue weighted by atomic mass is 32.1. The van der Waals surface area contributed by atoms with Gasteiger partial charge in [0.25, 0.3) is 5.56 Å². The molecule has 0 radical (unpaired) electrons. The Kier molecular flexibility index (Phi) is 3.71. The summed E-state index contributed by atoms with van der Waals surface area (Å²) in [5.74, 6) is -2.14. The minimum absolute atomic E-state index is 0.220. The second kappa shape index (κ2) is 5.48. The van der Waals surface area contributed by atoms with Crippen LogP contribution in [0.1, 0.15) is 5.56 Å². The maximum atomic E-state index is 13.5. The van der Waals surface area contributed by atoms with E-state index in [4.69, 9.17) is 0 Å². The molecule has 0 fully saturated rings. The molecule has 1 aromatic carbocycles. The van der Waals surface area contributed by atoms with Gasteiger partial charge in [0.1, 0.15) is 4.83 Å². The first-order chi connectivity index (χ1) is 11.2. The smallest absolute Gasteiger partial charge is 0.403 e. The minimum Gasteiger partial charge on any atom is -0.403 e. The third-order valence-electron chi connectivity index (χ3n) is 3.25.